The van der Waals surface area contributed by atoms with E-state index in [1.807, 2.05) is 0 Å². The molecule has 0 spiro atoms. The largest absolute Gasteiger partial charge is 0.393 e. The van der Waals surface area contributed by atoms with Crippen LogP contribution in [0.5, 0.6) is 0 Å². The lowest BCUT2D eigenvalue weighted by molar-refractivity contribution is 0.102. The molecule has 126 valence electrons. The molecule has 0 saturated heterocycles. The lowest BCUT2D eigenvalue weighted by Gasteiger charge is -2.36. The van der Waals surface area contributed by atoms with Gasteiger partial charge in [0, 0.05) is 25.4 Å². The van der Waals surface area contributed by atoms with Gasteiger partial charge in [-0.15, -0.1) is 11.3 Å². The summed E-state index contributed by atoms with van der Waals surface area (Å²) >= 11 is 1.50. The van der Waals surface area contributed by atoms with Crippen LogP contribution in [0.2, 0.25) is 0 Å². The first kappa shape index (κ1) is 18.0. The Kier molecular flexibility index (Phi) is 6.26. The summed E-state index contributed by atoms with van der Waals surface area (Å²) in [5.74, 6) is 6.81. The van der Waals surface area contributed by atoms with Crippen LogP contribution < -0.4 is 4.90 Å². The summed E-state index contributed by atoms with van der Waals surface area (Å²) in [5, 5.41) is 9.73. The van der Waals surface area contributed by atoms with Gasteiger partial charge in [-0.3, -0.25) is 4.79 Å². The summed E-state index contributed by atoms with van der Waals surface area (Å²) in [4.78, 5) is 16.2. The molecule has 0 amide bonds. The lowest BCUT2D eigenvalue weighted by atomic mass is 9.91. The van der Waals surface area contributed by atoms with Crippen LogP contribution in [-0.4, -0.2) is 29.6 Å². The van der Waals surface area contributed by atoms with Crippen LogP contribution in [0.1, 0.15) is 67.9 Å². The summed E-state index contributed by atoms with van der Waals surface area (Å²) in [6.45, 7) is 8.77. The zero-order valence-corrected chi connectivity index (χ0v) is 15.4. The molecule has 0 radical (unpaired) electrons. The maximum atomic E-state index is 12.1. The van der Waals surface area contributed by atoms with E-state index in [0.717, 1.165) is 47.7 Å². The number of rotatable bonds is 4. The zero-order valence-electron chi connectivity index (χ0n) is 14.6. The molecule has 2 rings (SSSR count). The molecule has 4 heteroatoms. The average Bonchev–Trinajstić information content (AvgIpc) is 2.92. The molecule has 3 nitrogen and oxygen atoms in total. The number of hydrogen-bond acceptors (Lipinski definition) is 4. The van der Waals surface area contributed by atoms with Crippen LogP contribution in [0.15, 0.2) is 6.07 Å². The predicted octanol–water partition coefficient (Wildman–Crippen LogP) is 4.09. The van der Waals surface area contributed by atoms with Crippen LogP contribution in [0.4, 0.5) is 5.69 Å². The summed E-state index contributed by atoms with van der Waals surface area (Å²) < 4.78 is 0. The van der Waals surface area contributed by atoms with E-state index in [-0.39, 0.29) is 11.9 Å². The number of carbonyl (C=O) groups excluding carboxylic acids is 1. The van der Waals surface area contributed by atoms with Crippen molar-refractivity contribution >= 4 is 22.8 Å². The highest BCUT2D eigenvalue weighted by Gasteiger charge is 2.27. The third-order valence-corrected chi connectivity index (χ3v) is 5.41. The minimum absolute atomic E-state index is 0.108. The monoisotopic (exact) mass is 333 g/mol. The summed E-state index contributed by atoms with van der Waals surface area (Å²) in [6, 6.07) is 2.48. The molecule has 1 N–H and O–H groups in total. The second-order valence-electron chi connectivity index (χ2n) is 6.55. The van der Waals surface area contributed by atoms with Gasteiger partial charge in [0.15, 0.2) is 5.78 Å². The van der Waals surface area contributed by atoms with Crippen LogP contribution in [0, 0.1) is 17.8 Å². The van der Waals surface area contributed by atoms with Crippen molar-refractivity contribution in [2.24, 2.45) is 5.92 Å². The van der Waals surface area contributed by atoms with Gasteiger partial charge in [-0.2, -0.15) is 0 Å². The lowest BCUT2D eigenvalue weighted by Crippen LogP contribution is -2.39. The molecule has 0 bridgehead atoms. The maximum absolute atomic E-state index is 12.1. The molecule has 1 aromatic rings. The Morgan fingerprint density at radius 3 is 2.57 bits per heavy atom. The molecular formula is C19H27NO2S. The molecule has 1 saturated carbocycles. The Hall–Kier alpha value is -1.31. The van der Waals surface area contributed by atoms with Gasteiger partial charge in [-0.25, -0.2) is 0 Å². The van der Waals surface area contributed by atoms with Gasteiger partial charge in [-0.05, 0) is 38.7 Å². The molecule has 1 heterocycles. The van der Waals surface area contributed by atoms with Crippen molar-refractivity contribution < 1.29 is 9.90 Å². The predicted molar refractivity (Wildman–Crippen MR) is 97.3 cm³/mol. The van der Waals surface area contributed by atoms with Crippen molar-refractivity contribution in [2.75, 3.05) is 11.4 Å². The first-order valence-electron chi connectivity index (χ1n) is 8.53. The molecule has 1 aliphatic rings. The van der Waals surface area contributed by atoms with Crippen molar-refractivity contribution in [3.8, 4) is 11.8 Å². The number of aliphatic hydroxyl groups is 1. The number of ketones is 1. The SMILES string of the molecule is CCN(c1cc(C#CC(C)C)sc1C(C)=O)C1CCC(O)CC1. The van der Waals surface area contributed by atoms with Gasteiger partial charge >= 0.3 is 0 Å². The standard InChI is InChI=1S/C19H27NO2S/c1-5-20(15-7-9-16(22)10-8-15)18-12-17(11-6-13(2)3)23-19(18)14(4)21/h12-13,15-16,22H,5,7-10H2,1-4H3. The van der Waals surface area contributed by atoms with Gasteiger partial charge in [-0.1, -0.05) is 25.7 Å². The van der Waals surface area contributed by atoms with E-state index in [1.165, 1.54) is 11.3 Å². The third-order valence-electron chi connectivity index (χ3n) is 4.27. The molecule has 0 aliphatic heterocycles. The fourth-order valence-corrected chi connectivity index (χ4v) is 4.04. The quantitative estimate of drug-likeness (QED) is 0.666. The van der Waals surface area contributed by atoms with Gasteiger partial charge in [0.05, 0.1) is 21.5 Å². The number of aliphatic hydroxyl groups excluding tert-OH is 1. The summed E-state index contributed by atoms with van der Waals surface area (Å²) in [5.41, 5.74) is 1.03. The number of hydrogen-bond donors (Lipinski definition) is 1. The van der Waals surface area contributed by atoms with Gasteiger partial charge in [0.2, 0.25) is 0 Å². The molecule has 0 aromatic carbocycles. The fourth-order valence-electron chi connectivity index (χ4n) is 3.12. The van der Waals surface area contributed by atoms with E-state index in [9.17, 15) is 9.90 Å². The number of thiophene rings is 1. The molecule has 23 heavy (non-hydrogen) atoms. The minimum Gasteiger partial charge on any atom is -0.393 e. The summed E-state index contributed by atoms with van der Waals surface area (Å²) in [7, 11) is 0. The van der Waals surface area contributed by atoms with Crippen molar-refractivity contribution in [3.05, 3.63) is 15.8 Å². The molecule has 0 unspecified atom stereocenters. The van der Waals surface area contributed by atoms with E-state index in [2.05, 4.69) is 43.6 Å². The highest BCUT2D eigenvalue weighted by Crippen LogP contribution is 2.35. The second kappa shape index (κ2) is 7.99. The van der Waals surface area contributed by atoms with Crippen LogP contribution in [0.3, 0.4) is 0 Å². The molecule has 0 atom stereocenters. The minimum atomic E-state index is -0.160. The second-order valence-corrected chi connectivity index (χ2v) is 7.61. The van der Waals surface area contributed by atoms with Crippen LogP contribution in [0.25, 0.3) is 0 Å². The molecule has 1 fully saturated rings. The Morgan fingerprint density at radius 1 is 1.39 bits per heavy atom. The van der Waals surface area contributed by atoms with Crippen LogP contribution >= 0.6 is 11.3 Å². The summed E-state index contributed by atoms with van der Waals surface area (Å²) in [6.07, 6.45) is 3.50. The molecular weight excluding hydrogens is 306 g/mol. The first-order chi connectivity index (χ1) is 10.9. The van der Waals surface area contributed by atoms with E-state index in [0.29, 0.717) is 12.0 Å². The number of carbonyl (C=O) groups is 1. The van der Waals surface area contributed by atoms with Crippen LogP contribution in [-0.2, 0) is 0 Å². The van der Waals surface area contributed by atoms with Crippen molar-refractivity contribution in [2.45, 2.75) is 65.5 Å². The van der Waals surface area contributed by atoms with E-state index in [1.54, 1.807) is 6.92 Å². The van der Waals surface area contributed by atoms with Crippen molar-refractivity contribution in [1.82, 2.24) is 0 Å². The fraction of sp³-hybridized carbons (Fsp3) is 0.632. The van der Waals surface area contributed by atoms with E-state index < -0.39 is 0 Å². The number of Topliss-reactive ketones (excluding diaryl/α,β-unsaturated/α-hetero) is 1. The first-order valence-corrected chi connectivity index (χ1v) is 9.35. The third kappa shape index (κ3) is 4.59. The van der Waals surface area contributed by atoms with Gasteiger partial charge < -0.3 is 10.0 Å². The Labute approximate surface area is 143 Å². The zero-order chi connectivity index (χ0) is 17.0. The highest BCUT2D eigenvalue weighted by molar-refractivity contribution is 7.15. The average molecular weight is 333 g/mol. The number of nitrogens with zero attached hydrogens (tertiary/aromatic N) is 1. The van der Waals surface area contributed by atoms with E-state index >= 15 is 0 Å². The topological polar surface area (TPSA) is 40.5 Å². The van der Waals surface area contributed by atoms with Gasteiger partial charge in [0.25, 0.3) is 0 Å². The normalized spacial score (nSPS) is 21.0. The Morgan fingerprint density at radius 2 is 2.04 bits per heavy atom. The highest BCUT2D eigenvalue weighted by atomic mass is 32.1. The Bertz CT molecular complexity index is 601. The molecule has 1 aromatic heterocycles. The Balaban J connectivity index is 2.31. The smallest absolute Gasteiger partial charge is 0.171 e. The molecule has 1 aliphatic carbocycles. The number of anilines is 1. The van der Waals surface area contributed by atoms with Crippen molar-refractivity contribution in [3.63, 3.8) is 0 Å². The van der Waals surface area contributed by atoms with Crippen molar-refractivity contribution in [1.29, 1.82) is 0 Å². The van der Waals surface area contributed by atoms with Gasteiger partial charge in [0.1, 0.15) is 0 Å². The van der Waals surface area contributed by atoms with E-state index in [4.69, 9.17) is 0 Å². The maximum Gasteiger partial charge on any atom is 0.171 e.